The smallest absolute Gasteiger partial charge is 0.164 e. The Kier molecular flexibility index (Phi) is 12.6. The summed E-state index contributed by atoms with van der Waals surface area (Å²) in [5.74, 6) is 1.44. The Hall–Kier alpha value is -2.88. The predicted molar refractivity (Wildman–Crippen MR) is 173 cm³/mol. The zero-order chi connectivity index (χ0) is 30.4. The Labute approximate surface area is 266 Å². The van der Waals surface area contributed by atoms with Gasteiger partial charge in [0.05, 0.1) is 5.52 Å². The summed E-state index contributed by atoms with van der Waals surface area (Å²) in [6.07, 6.45) is 4.75. The molecule has 5 heteroatoms. The predicted octanol–water partition coefficient (Wildman–Crippen LogP) is 10.3. The standard InChI is InChI=1S/C22H19N2.C15H28O2.Ir/c1-14(2)22-23-20(17-7-5-4-6-8-17)18-12-11-16-10-9-15(3)13-19(16)21(18)24-22;1-7-14(5,8-2)12(16)11-13(17)15(6,9-3)10-4;/h4-7,9-14H,1-3H3;11,16H,7-10H2,1-6H3;/q-1;;/b;12-11-;. The molecule has 0 saturated heterocycles. The molecule has 0 bridgehead atoms. The number of hydrogen-bond donors (Lipinski definition) is 1. The van der Waals surface area contributed by atoms with Crippen LogP contribution >= 0.6 is 0 Å². The van der Waals surface area contributed by atoms with Crippen LogP contribution in [0.25, 0.3) is 32.9 Å². The van der Waals surface area contributed by atoms with E-state index < -0.39 is 0 Å². The van der Waals surface area contributed by atoms with Crippen LogP contribution in [0.5, 0.6) is 0 Å². The number of fused-ring (bicyclic) bond motifs is 3. The van der Waals surface area contributed by atoms with Gasteiger partial charge in [0.25, 0.3) is 0 Å². The van der Waals surface area contributed by atoms with Crippen molar-refractivity contribution in [3.05, 3.63) is 83.9 Å². The Morgan fingerprint density at radius 2 is 1.52 bits per heavy atom. The van der Waals surface area contributed by atoms with Crippen molar-refractivity contribution in [1.82, 2.24) is 9.97 Å². The van der Waals surface area contributed by atoms with Gasteiger partial charge in [-0.3, -0.25) is 9.78 Å². The van der Waals surface area contributed by atoms with Gasteiger partial charge in [-0.05, 0) is 55.1 Å². The van der Waals surface area contributed by atoms with Gasteiger partial charge in [0, 0.05) is 48.3 Å². The molecular weight excluding hydrogens is 697 g/mol. The van der Waals surface area contributed by atoms with E-state index in [-0.39, 0.29) is 48.4 Å². The number of aliphatic hydroxyl groups is 1. The Bertz CT molecular complexity index is 1520. The van der Waals surface area contributed by atoms with Gasteiger partial charge < -0.3 is 5.11 Å². The zero-order valence-electron chi connectivity index (χ0n) is 26.8. The number of rotatable bonds is 9. The van der Waals surface area contributed by atoms with E-state index in [1.807, 2.05) is 59.7 Å². The number of benzene rings is 3. The maximum absolute atomic E-state index is 12.2. The topological polar surface area (TPSA) is 63.1 Å². The molecule has 42 heavy (non-hydrogen) atoms. The Balaban J connectivity index is 0.000000307. The summed E-state index contributed by atoms with van der Waals surface area (Å²) in [5.41, 5.74) is 3.65. The molecule has 0 aliphatic carbocycles. The van der Waals surface area contributed by atoms with E-state index in [0.29, 0.717) is 0 Å². The molecule has 4 rings (SSSR count). The van der Waals surface area contributed by atoms with E-state index in [9.17, 15) is 9.90 Å². The molecule has 0 spiro atoms. The van der Waals surface area contributed by atoms with Gasteiger partial charge >= 0.3 is 0 Å². The van der Waals surface area contributed by atoms with Crippen molar-refractivity contribution in [2.24, 2.45) is 10.8 Å². The van der Waals surface area contributed by atoms with E-state index in [0.717, 1.165) is 53.7 Å². The molecule has 1 N–H and O–H groups in total. The first-order valence-corrected chi connectivity index (χ1v) is 15.1. The largest absolute Gasteiger partial charge is 0.512 e. The van der Waals surface area contributed by atoms with Crippen LogP contribution in [0.3, 0.4) is 0 Å². The van der Waals surface area contributed by atoms with Gasteiger partial charge in [0.2, 0.25) is 0 Å². The number of carbonyl (C=O) groups excluding carboxylic acids is 1. The monoisotopic (exact) mass is 744 g/mol. The summed E-state index contributed by atoms with van der Waals surface area (Å²) in [7, 11) is 0. The molecule has 0 amide bonds. The van der Waals surface area contributed by atoms with Crippen molar-refractivity contribution < 1.29 is 30.0 Å². The second kappa shape index (κ2) is 15.0. The van der Waals surface area contributed by atoms with Gasteiger partial charge in [-0.15, -0.1) is 35.9 Å². The number of aryl methyl sites for hydroxylation is 1. The molecule has 0 unspecified atom stereocenters. The minimum Gasteiger partial charge on any atom is -0.512 e. The number of hydrogen-bond acceptors (Lipinski definition) is 4. The molecule has 0 fully saturated rings. The van der Waals surface area contributed by atoms with Crippen molar-refractivity contribution >= 4 is 27.5 Å². The van der Waals surface area contributed by atoms with E-state index in [2.05, 4.69) is 63.2 Å². The van der Waals surface area contributed by atoms with E-state index in [1.165, 1.54) is 22.4 Å². The molecule has 0 aliphatic rings. The number of aliphatic hydroxyl groups excluding tert-OH is 1. The van der Waals surface area contributed by atoms with E-state index in [1.54, 1.807) is 0 Å². The van der Waals surface area contributed by atoms with Gasteiger partial charge in [-0.25, -0.2) is 4.98 Å². The average Bonchev–Trinajstić information content (AvgIpc) is 3.00. The van der Waals surface area contributed by atoms with Gasteiger partial charge in [0.1, 0.15) is 11.6 Å². The van der Waals surface area contributed by atoms with Crippen LogP contribution in [0.1, 0.15) is 98.4 Å². The SMILES string of the molecule is CCC(C)(CC)C(=O)/C=C(\O)C(C)(CC)CC.Cc1ccc2ccc3c(-c4[c-]cccc4)nc(C(C)C)nc3c2c1.[Ir]. The maximum Gasteiger partial charge on any atom is 0.164 e. The van der Waals surface area contributed by atoms with Crippen molar-refractivity contribution in [1.29, 1.82) is 0 Å². The number of ketones is 1. The quantitative estimate of drug-likeness (QED) is 0.0803. The molecule has 1 radical (unpaired) electrons. The Morgan fingerprint density at radius 1 is 0.905 bits per heavy atom. The fourth-order valence-corrected chi connectivity index (χ4v) is 4.73. The first-order chi connectivity index (χ1) is 19.4. The zero-order valence-corrected chi connectivity index (χ0v) is 29.2. The summed E-state index contributed by atoms with van der Waals surface area (Å²) >= 11 is 0. The van der Waals surface area contributed by atoms with Gasteiger partial charge in [-0.2, -0.15) is 0 Å². The maximum atomic E-state index is 12.2. The van der Waals surface area contributed by atoms with Crippen molar-refractivity contribution in [3.63, 3.8) is 0 Å². The van der Waals surface area contributed by atoms with Crippen LogP contribution < -0.4 is 0 Å². The van der Waals surface area contributed by atoms with Crippen LogP contribution in [0.4, 0.5) is 0 Å². The molecule has 0 aliphatic heterocycles. The number of carbonyl (C=O) groups is 1. The fraction of sp³-hybridized carbons (Fsp3) is 0.432. The molecular formula is C37H47IrN2O2-. The van der Waals surface area contributed by atoms with Crippen LogP contribution in [0, 0.1) is 23.8 Å². The summed E-state index contributed by atoms with van der Waals surface area (Å²) in [6, 6.07) is 22.1. The number of nitrogens with zero attached hydrogens (tertiary/aromatic N) is 2. The number of allylic oxidation sites excluding steroid dienone is 2. The average molecular weight is 744 g/mol. The third-order valence-electron chi connectivity index (χ3n) is 8.94. The minimum atomic E-state index is -0.337. The van der Waals surface area contributed by atoms with E-state index >= 15 is 0 Å². The van der Waals surface area contributed by atoms with Crippen molar-refractivity contribution in [3.8, 4) is 11.3 Å². The normalized spacial score (nSPS) is 12.2. The molecule has 4 aromatic rings. The van der Waals surface area contributed by atoms with Crippen molar-refractivity contribution in [2.45, 2.75) is 93.9 Å². The van der Waals surface area contributed by atoms with E-state index in [4.69, 9.17) is 9.97 Å². The molecule has 3 aromatic carbocycles. The second-order valence-electron chi connectivity index (χ2n) is 12.0. The minimum absolute atomic E-state index is 0. The molecule has 4 nitrogen and oxygen atoms in total. The summed E-state index contributed by atoms with van der Waals surface area (Å²) in [5, 5.41) is 13.6. The second-order valence-corrected chi connectivity index (χ2v) is 12.0. The van der Waals surface area contributed by atoms with Crippen LogP contribution in [-0.2, 0) is 24.9 Å². The number of aromatic nitrogens is 2. The first-order valence-electron chi connectivity index (χ1n) is 15.1. The van der Waals surface area contributed by atoms with Crippen LogP contribution in [0.2, 0.25) is 0 Å². The molecule has 1 aromatic heterocycles. The molecule has 0 saturated carbocycles. The summed E-state index contributed by atoms with van der Waals surface area (Å²) < 4.78 is 0. The van der Waals surface area contributed by atoms with Crippen LogP contribution in [0.15, 0.2) is 66.4 Å². The van der Waals surface area contributed by atoms with Crippen molar-refractivity contribution in [2.75, 3.05) is 0 Å². The van der Waals surface area contributed by atoms with Crippen LogP contribution in [-0.4, -0.2) is 20.9 Å². The third-order valence-corrected chi connectivity index (χ3v) is 8.94. The van der Waals surface area contributed by atoms with Gasteiger partial charge in [0.15, 0.2) is 5.78 Å². The molecule has 227 valence electrons. The third kappa shape index (κ3) is 7.74. The molecule has 0 atom stereocenters. The summed E-state index contributed by atoms with van der Waals surface area (Å²) in [6.45, 7) is 18.5. The Morgan fingerprint density at radius 3 is 2.07 bits per heavy atom. The van der Waals surface area contributed by atoms with Gasteiger partial charge in [-0.1, -0.05) is 85.2 Å². The molecule has 1 heterocycles. The first kappa shape index (κ1) is 35.3. The summed E-state index contributed by atoms with van der Waals surface area (Å²) in [4.78, 5) is 21.9. The fourth-order valence-electron chi connectivity index (χ4n) is 4.73.